The number of hydrogen-bond donors (Lipinski definition) is 1. The lowest BCUT2D eigenvalue weighted by Crippen LogP contribution is -2.11. The zero-order valence-corrected chi connectivity index (χ0v) is 14.1. The summed E-state index contributed by atoms with van der Waals surface area (Å²) in [6, 6.07) is 15.4. The number of nitrogens with zero attached hydrogens (tertiary/aromatic N) is 2. The van der Waals surface area contributed by atoms with Crippen LogP contribution in [-0.4, -0.2) is 21.2 Å². The van der Waals surface area contributed by atoms with Crippen molar-refractivity contribution in [3.05, 3.63) is 65.9 Å². The fourth-order valence-electron chi connectivity index (χ4n) is 2.71. The molecular weight excluding hydrogens is 318 g/mol. The van der Waals surface area contributed by atoms with Gasteiger partial charge in [0.05, 0.1) is 5.69 Å². The van der Waals surface area contributed by atoms with Gasteiger partial charge in [0.1, 0.15) is 0 Å². The van der Waals surface area contributed by atoms with E-state index in [1.54, 1.807) is 11.8 Å². The fourth-order valence-corrected chi connectivity index (χ4v) is 3.66. The van der Waals surface area contributed by atoms with Gasteiger partial charge in [-0.1, -0.05) is 41.6 Å². The highest BCUT2D eigenvalue weighted by Gasteiger charge is 2.15. The van der Waals surface area contributed by atoms with E-state index in [1.165, 1.54) is 0 Å². The first-order valence-electron chi connectivity index (χ1n) is 7.87. The van der Waals surface area contributed by atoms with Crippen LogP contribution < -0.4 is 5.32 Å². The Labute approximate surface area is 144 Å². The molecule has 1 N–H and O–H groups in total. The van der Waals surface area contributed by atoms with E-state index in [0.29, 0.717) is 5.56 Å². The summed E-state index contributed by atoms with van der Waals surface area (Å²) in [6.45, 7) is 3.02. The van der Waals surface area contributed by atoms with Gasteiger partial charge in [-0.3, -0.25) is 4.79 Å². The van der Waals surface area contributed by atoms with E-state index in [1.807, 2.05) is 55.5 Å². The van der Waals surface area contributed by atoms with E-state index in [0.717, 1.165) is 40.0 Å². The lowest BCUT2D eigenvalue weighted by atomic mass is 10.1. The maximum absolute atomic E-state index is 12.4. The van der Waals surface area contributed by atoms with E-state index in [-0.39, 0.29) is 5.91 Å². The van der Waals surface area contributed by atoms with Crippen molar-refractivity contribution in [1.82, 2.24) is 9.55 Å². The predicted octanol–water partition coefficient (Wildman–Crippen LogP) is 4.22. The number of aromatic nitrogens is 2. The topological polar surface area (TPSA) is 46.9 Å². The number of aryl methyl sites for hydroxylation is 2. The third kappa shape index (κ3) is 2.95. The zero-order chi connectivity index (χ0) is 16.5. The summed E-state index contributed by atoms with van der Waals surface area (Å²) >= 11 is 1.78. The van der Waals surface area contributed by atoms with Gasteiger partial charge in [-0.2, -0.15) is 0 Å². The number of anilines is 1. The maximum atomic E-state index is 12.4. The molecule has 0 saturated carbocycles. The Morgan fingerprint density at radius 1 is 1.21 bits per heavy atom. The maximum Gasteiger partial charge on any atom is 0.255 e. The number of rotatable bonds is 3. The highest BCUT2D eigenvalue weighted by atomic mass is 32.2. The van der Waals surface area contributed by atoms with Crippen LogP contribution in [0.15, 0.2) is 59.9 Å². The average molecular weight is 335 g/mol. The zero-order valence-electron chi connectivity index (χ0n) is 13.3. The molecule has 0 spiro atoms. The highest BCUT2D eigenvalue weighted by Crippen LogP contribution is 2.29. The number of hydrogen-bond acceptors (Lipinski definition) is 3. The van der Waals surface area contributed by atoms with Crippen LogP contribution in [0.1, 0.15) is 15.9 Å². The van der Waals surface area contributed by atoms with Crippen LogP contribution in [-0.2, 0) is 6.54 Å². The molecule has 1 aliphatic heterocycles. The molecule has 0 bridgehead atoms. The largest absolute Gasteiger partial charge is 0.325 e. The first-order valence-corrected chi connectivity index (χ1v) is 8.86. The van der Waals surface area contributed by atoms with E-state index in [9.17, 15) is 4.79 Å². The lowest BCUT2D eigenvalue weighted by Gasteiger charge is -2.07. The summed E-state index contributed by atoms with van der Waals surface area (Å²) in [5.74, 6) is 0.991. The summed E-state index contributed by atoms with van der Waals surface area (Å²) in [4.78, 5) is 17.0. The number of carbonyl (C=O) groups excluding carboxylic acids is 1. The van der Waals surface area contributed by atoms with Crippen LogP contribution in [0.4, 0.5) is 5.69 Å². The molecule has 1 aromatic heterocycles. The molecule has 1 aliphatic rings. The highest BCUT2D eigenvalue weighted by molar-refractivity contribution is 7.99. The van der Waals surface area contributed by atoms with Gasteiger partial charge in [-0.25, -0.2) is 4.98 Å². The molecule has 3 aromatic rings. The molecule has 0 aliphatic carbocycles. The second-order valence-corrected chi connectivity index (χ2v) is 6.91. The predicted molar refractivity (Wildman–Crippen MR) is 97.5 cm³/mol. The molecular formula is C19H17N3OS. The van der Waals surface area contributed by atoms with Crippen LogP contribution >= 0.6 is 11.8 Å². The number of amides is 1. The minimum Gasteiger partial charge on any atom is -0.325 e. The third-order valence-electron chi connectivity index (χ3n) is 4.03. The standard InChI is InChI=1S/C19H17N3OS/c1-13-5-7-14(8-6-13)18(23)20-16-4-2-3-15(11-16)17-12-22-9-10-24-19(22)21-17/h2-8,11-12H,9-10H2,1H3,(H,20,23). The average Bonchev–Trinajstić information content (AvgIpc) is 3.17. The molecule has 0 unspecified atom stereocenters. The fraction of sp³-hybridized carbons (Fsp3) is 0.158. The van der Waals surface area contributed by atoms with Crippen LogP contribution in [0.3, 0.4) is 0 Å². The Morgan fingerprint density at radius 2 is 2.04 bits per heavy atom. The quantitative estimate of drug-likeness (QED) is 0.780. The molecule has 0 atom stereocenters. The Balaban J connectivity index is 1.56. The number of nitrogens with one attached hydrogen (secondary N) is 1. The summed E-state index contributed by atoms with van der Waals surface area (Å²) in [5.41, 5.74) is 4.53. The normalized spacial score (nSPS) is 12.9. The number of carbonyl (C=O) groups is 1. The molecule has 0 radical (unpaired) electrons. The van der Waals surface area contributed by atoms with E-state index < -0.39 is 0 Å². The molecule has 4 rings (SSSR count). The van der Waals surface area contributed by atoms with Gasteiger partial charge in [0.15, 0.2) is 5.16 Å². The van der Waals surface area contributed by atoms with Crippen LogP contribution in [0, 0.1) is 6.92 Å². The summed E-state index contributed by atoms with van der Waals surface area (Å²) in [7, 11) is 0. The van der Waals surface area contributed by atoms with Gasteiger partial charge in [-0.05, 0) is 31.2 Å². The Kier molecular flexibility index (Phi) is 3.86. The van der Waals surface area contributed by atoms with Crippen LogP contribution in [0.5, 0.6) is 0 Å². The van der Waals surface area contributed by atoms with Gasteiger partial charge in [0.25, 0.3) is 5.91 Å². The molecule has 1 amide bonds. The molecule has 0 fully saturated rings. The molecule has 5 heteroatoms. The van der Waals surface area contributed by atoms with Gasteiger partial charge >= 0.3 is 0 Å². The molecule has 2 heterocycles. The van der Waals surface area contributed by atoms with Crippen molar-refractivity contribution >= 4 is 23.4 Å². The van der Waals surface area contributed by atoms with Gasteiger partial charge in [-0.15, -0.1) is 0 Å². The van der Waals surface area contributed by atoms with E-state index >= 15 is 0 Å². The summed E-state index contributed by atoms with van der Waals surface area (Å²) in [5, 5.41) is 4.03. The first kappa shape index (κ1) is 15.0. The SMILES string of the molecule is Cc1ccc(C(=O)Nc2cccc(-c3cn4c(n3)SCC4)c2)cc1. The smallest absolute Gasteiger partial charge is 0.255 e. The Morgan fingerprint density at radius 3 is 2.83 bits per heavy atom. The first-order chi connectivity index (χ1) is 11.7. The second-order valence-electron chi connectivity index (χ2n) is 5.85. The van der Waals surface area contributed by atoms with Gasteiger partial charge < -0.3 is 9.88 Å². The van der Waals surface area contributed by atoms with Crippen LogP contribution in [0.2, 0.25) is 0 Å². The number of thioether (sulfide) groups is 1. The molecule has 120 valence electrons. The summed E-state index contributed by atoms with van der Waals surface area (Å²) < 4.78 is 2.18. The monoisotopic (exact) mass is 335 g/mol. The summed E-state index contributed by atoms with van der Waals surface area (Å²) in [6.07, 6.45) is 2.08. The van der Waals surface area contributed by atoms with Crippen molar-refractivity contribution in [2.75, 3.05) is 11.1 Å². The molecule has 2 aromatic carbocycles. The number of imidazole rings is 1. The van der Waals surface area contributed by atoms with Crippen molar-refractivity contribution in [3.63, 3.8) is 0 Å². The van der Waals surface area contributed by atoms with E-state index in [4.69, 9.17) is 0 Å². The molecule has 24 heavy (non-hydrogen) atoms. The lowest BCUT2D eigenvalue weighted by molar-refractivity contribution is 0.102. The number of fused-ring (bicyclic) bond motifs is 1. The van der Waals surface area contributed by atoms with E-state index in [2.05, 4.69) is 21.1 Å². The Bertz CT molecular complexity index is 878. The Hall–Kier alpha value is -2.53. The van der Waals surface area contributed by atoms with Crippen molar-refractivity contribution in [2.24, 2.45) is 0 Å². The van der Waals surface area contributed by atoms with Crippen molar-refractivity contribution in [1.29, 1.82) is 0 Å². The number of benzene rings is 2. The third-order valence-corrected chi connectivity index (χ3v) is 5.00. The minimum absolute atomic E-state index is 0.102. The minimum atomic E-state index is -0.102. The van der Waals surface area contributed by atoms with Crippen LogP contribution in [0.25, 0.3) is 11.3 Å². The van der Waals surface area contributed by atoms with Gasteiger partial charge in [0.2, 0.25) is 0 Å². The molecule has 4 nitrogen and oxygen atoms in total. The van der Waals surface area contributed by atoms with Gasteiger partial charge in [0, 0.05) is 35.3 Å². The van der Waals surface area contributed by atoms with Crippen molar-refractivity contribution < 1.29 is 4.79 Å². The molecule has 0 saturated heterocycles. The van der Waals surface area contributed by atoms with Crippen molar-refractivity contribution in [3.8, 4) is 11.3 Å². The second kappa shape index (κ2) is 6.17. The van der Waals surface area contributed by atoms with Crippen molar-refractivity contribution in [2.45, 2.75) is 18.6 Å².